The number of hydrogen-bond donors (Lipinski definition) is 1. The van der Waals surface area contributed by atoms with Crippen molar-refractivity contribution in [2.24, 2.45) is 0 Å². The number of rotatable bonds is 7. The lowest BCUT2D eigenvalue weighted by molar-refractivity contribution is -0.155. The largest absolute Gasteiger partial charge is 0.479 e. The summed E-state index contributed by atoms with van der Waals surface area (Å²) in [5, 5.41) is 3.47. The number of aryl methyl sites for hydroxylation is 1. The predicted octanol–water partition coefficient (Wildman–Crippen LogP) is 5.01. The fraction of sp³-hybridized carbons (Fsp3) is 0.333. The Bertz CT molecular complexity index is 804. The summed E-state index contributed by atoms with van der Waals surface area (Å²) >= 11 is 5.93. The molecule has 144 valence electrons. The van der Waals surface area contributed by atoms with E-state index in [1.165, 1.54) is 0 Å². The molecule has 0 aliphatic carbocycles. The third-order valence-corrected chi connectivity index (χ3v) is 4.33. The molecule has 0 unspecified atom stereocenters. The number of carbonyl (C=O) groups excluding carboxylic acids is 2. The van der Waals surface area contributed by atoms with Crippen LogP contribution in [0.1, 0.15) is 43.1 Å². The Balaban J connectivity index is 1.97. The van der Waals surface area contributed by atoms with E-state index in [0.29, 0.717) is 22.0 Å². The molecule has 2 atom stereocenters. The summed E-state index contributed by atoms with van der Waals surface area (Å²) < 4.78 is 10.8. The van der Waals surface area contributed by atoms with Crippen LogP contribution in [0.25, 0.3) is 0 Å². The molecule has 1 amide bonds. The minimum absolute atomic E-state index is 0.147. The summed E-state index contributed by atoms with van der Waals surface area (Å²) in [6.45, 7) is 7.28. The summed E-state index contributed by atoms with van der Waals surface area (Å²) in [5.74, 6) is -0.164. The molecule has 0 radical (unpaired) electrons. The van der Waals surface area contributed by atoms with Crippen molar-refractivity contribution in [3.8, 4) is 5.75 Å². The minimum Gasteiger partial charge on any atom is -0.479 e. The molecule has 0 bridgehead atoms. The second-order valence-electron chi connectivity index (χ2n) is 6.35. The summed E-state index contributed by atoms with van der Waals surface area (Å²) in [5.41, 5.74) is 2.06. The van der Waals surface area contributed by atoms with Gasteiger partial charge in [0.1, 0.15) is 5.75 Å². The topological polar surface area (TPSA) is 64.6 Å². The van der Waals surface area contributed by atoms with E-state index < -0.39 is 12.1 Å². The molecule has 0 aliphatic heterocycles. The molecule has 2 aromatic rings. The third kappa shape index (κ3) is 6.00. The van der Waals surface area contributed by atoms with Gasteiger partial charge in [-0.1, -0.05) is 18.5 Å². The first-order valence-electron chi connectivity index (χ1n) is 8.85. The van der Waals surface area contributed by atoms with Gasteiger partial charge in [0.15, 0.2) is 6.10 Å². The van der Waals surface area contributed by atoms with Crippen LogP contribution >= 0.6 is 11.6 Å². The first-order valence-corrected chi connectivity index (χ1v) is 9.22. The summed E-state index contributed by atoms with van der Waals surface area (Å²) in [6.07, 6.45) is -0.128. The van der Waals surface area contributed by atoms with E-state index >= 15 is 0 Å². The molecular weight excluding hydrogens is 366 g/mol. The second kappa shape index (κ2) is 9.42. The van der Waals surface area contributed by atoms with Crippen molar-refractivity contribution in [2.45, 2.75) is 46.3 Å². The molecule has 5 nitrogen and oxygen atoms in total. The van der Waals surface area contributed by atoms with E-state index in [0.717, 1.165) is 12.0 Å². The van der Waals surface area contributed by atoms with Crippen LogP contribution in [0.4, 0.5) is 5.69 Å². The third-order valence-electron chi connectivity index (χ3n) is 4.09. The number of ether oxygens (including phenoxy) is 2. The first kappa shape index (κ1) is 20.8. The molecule has 1 N–H and O–H groups in total. The van der Waals surface area contributed by atoms with Crippen LogP contribution in [0.2, 0.25) is 5.02 Å². The maximum absolute atomic E-state index is 12.4. The molecule has 6 heteroatoms. The van der Waals surface area contributed by atoms with Crippen LogP contribution in [0, 0.1) is 6.92 Å². The van der Waals surface area contributed by atoms with E-state index in [-0.39, 0.29) is 12.0 Å². The Morgan fingerprint density at radius 1 is 1.11 bits per heavy atom. The maximum atomic E-state index is 12.4. The van der Waals surface area contributed by atoms with E-state index in [1.54, 1.807) is 49.4 Å². The fourth-order valence-corrected chi connectivity index (χ4v) is 2.50. The number of carbonyl (C=O) groups is 2. The number of hydrogen-bond acceptors (Lipinski definition) is 4. The maximum Gasteiger partial charge on any atom is 0.347 e. The zero-order chi connectivity index (χ0) is 20.0. The smallest absolute Gasteiger partial charge is 0.347 e. The van der Waals surface area contributed by atoms with Crippen LogP contribution in [0.5, 0.6) is 5.75 Å². The predicted molar refractivity (Wildman–Crippen MR) is 107 cm³/mol. The van der Waals surface area contributed by atoms with Crippen LogP contribution < -0.4 is 10.1 Å². The van der Waals surface area contributed by atoms with Gasteiger partial charge in [-0.2, -0.15) is 0 Å². The van der Waals surface area contributed by atoms with Crippen molar-refractivity contribution >= 4 is 29.2 Å². The molecule has 0 saturated carbocycles. The number of esters is 1. The highest BCUT2D eigenvalue weighted by molar-refractivity contribution is 6.30. The SMILES string of the molecule is CC[C@H](C)OC(=O)[C@H](C)Oc1ccc(C(=O)Nc2ccc(Cl)cc2C)cc1. The van der Waals surface area contributed by atoms with Gasteiger partial charge in [0.2, 0.25) is 0 Å². The van der Waals surface area contributed by atoms with Crippen molar-refractivity contribution in [3.63, 3.8) is 0 Å². The van der Waals surface area contributed by atoms with Crippen molar-refractivity contribution in [3.05, 3.63) is 58.6 Å². The number of halogens is 1. The first-order chi connectivity index (χ1) is 12.8. The van der Waals surface area contributed by atoms with E-state index in [2.05, 4.69) is 5.32 Å². The lowest BCUT2D eigenvalue weighted by atomic mass is 10.1. The van der Waals surface area contributed by atoms with E-state index in [4.69, 9.17) is 21.1 Å². The van der Waals surface area contributed by atoms with Crippen LogP contribution in [0.3, 0.4) is 0 Å². The molecule has 0 aromatic heterocycles. The lowest BCUT2D eigenvalue weighted by Gasteiger charge is -2.17. The highest BCUT2D eigenvalue weighted by Crippen LogP contribution is 2.21. The molecule has 0 aliphatic rings. The van der Waals surface area contributed by atoms with Crippen LogP contribution in [-0.2, 0) is 9.53 Å². The molecule has 0 spiro atoms. The zero-order valence-electron chi connectivity index (χ0n) is 15.9. The quantitative estimate of drug-likeness (QED) is 0.676. The highest BCUT2D eigenvalue weighted by atomic mass is 35.5. The van der Waals surface area contributed by atoms with E-state index in [1.807, 2.05) is 20.8 Å². The van der Waals surface area contributed by atoms with Crippen LogP contribution in [0.15, 0.2) is 42.5 Å². The summed E-state index contributed by atoms with van der Waals surface area (Å²) in [6, 6.07) is 11.9. The Labute approximate surface area is 164 Å². The summed E-state index contributed by atoms with van der Waals surface area (Å²) in [7, 11) is 0. The van der Waals surface area contributed by atoms with Gasteiger partial charge in [0.05, 0.1) is 6.10 Å². The van der Waals surface area contributed by atoms with Crippen molar-refractivity contribution in [1.29, 1.82) is 0 Å². The van der Waals surface area contributed by atoms with Crippen LogP contribution in [-0.4, -0.2) is 24.1 Å². The molecule has 0 fully saturated rings. The standard InChI is InChI=1S/C21H24ClNO4/c1-5-14(3)26-21(25)15(4)27-18-9-6-16(7-10-18)20(24)23-19-11-8-17(22)12-13(19)2/h6-12,14-15H,5H2,1-4H3,(H,23,24)/t14-,15-/m0/s1. The number of benzene rings is 2. The zero-order valence-corrected chi connectivity index (χ0v) is 16.7. The Morgan fingerprint density at radius 2 is 1.78 bits per heavy atom. The van der Waals surface area contributed by atoms with Gasteiger partial charge in [0.25, 0.3) is 5.91 Å². The van der Waals surface area contributed by atoms with Crippen molar-refractivity contribution in [2.75, 3.05) is 5.32 Å². The minimum atomic E-state index is -0.726. The fourth-order valence-electron chi connectivity index (χ4n) is 2.28. The number of nitrogens with one attached hydrogen (secondary N) is 1. The van der Waals surface area contributed by atoms with Gasteiger partial charge in [-0.15, -0.1) is 0 Å². The Hall–Kier alpha value is -2.53. The van der Waals surface area contributed by atoms with Gasteiger partial charge in [-0.25, -0.2) is 4.79 Å². The Kier molecular flexibility index (Phi) is 7.25. The van der Waals surface area contributed by atoms with Gasteiger partial charge < -0.3 is 14.8 Å². The highest BCUT2D eigenvalue weighted by Gasteiger charge is 2.18. The monoisotopic (exact) mass is 389 g/mol. The molecular formula is C21H24ClNO4. The number of anilines is 1. The second-order valence-corrected chi connectivity index (χ2v) is 6.79. The van der Waals surface area contributed by atoms with Gasteiger partial charge in [0, 0.05) is 16.3 Å². The average molecular weight is 390 g/mol. The average Bonchev–Trinajstić information content (AvgIpc) is 2.64. The lowest BCUT2D eigenvalue weighted by Crippen LogP contribution is -2.29. The molecule has 2 aromatic carbocycles. The van der Waals surface area contributed by atoms with Crippen molar-refractivity contribution in [1.82, 2.24) is 0 Å². The van der Waals surface area contributed by atoms with Gasteiger partial charge >= 0.3 is 5.97 Å². The normalized spacial score (nSPS) is 12.8. The molecule has 0 saturated heterocycles. The van der Waals surface area contributed by atoms with Gasteiger partial charge in [-0.05, 0) is 75.2 Å². The molecule has 0 heterocycles. The Morgan fingerprint density at radius 3 is 2.37 bits per heavy atom. The van der Waals surface area contributed by atoms with E-state index in [9.17, 15) is 9.59 Å². The molecule has 2 rings (SSSR count). The van der Waals surface area contributed by atoms with Crippen molar-refractivity contribution < 1.29 is 19.1 Å². The summed E-state index contributed by atoms with van der Waals surface area (Å²) in [4.78, 5) is 24.3. The number of amides is 1. The van der Waals surface area contributed by atoms with Gasteiger partial charge in [-0.3, -0.25) is 4.79 Å². The molecule has 27 heavy (non-hydrogen) atoms.